The molecular formula is C8H16O6Si. The fourth-order valence-corrected chi connectivity index (χ4v) is 0.371. The van der Waals surface area contributed by atoms with E-state index in [9.17, 15) is 14.4 Å². The number of ether oxygens (including phenoxy) is 2. The van der Waals surface area contributed by atoms with Crippen LogP contribution in [-0.2, 0) is 28.3 Å². The third-order valence-corrected chi connectivity index (χ3v) is 1.56. The fourth-order valence-electron chi connectivity index (χ4n) is 0.371. The van der Waals surface area contributed by atoms with E-state index in [0.29, 0.717) is 10.5 Å². The van der Waals surface area contributed by atoms with Crippen LogP contribution in [0.2, 0.25) is 0 Å². The smallest absolute Gasteiger partial charge is 0.302 e. The highest BCUT2D eigenvalue weighted by molar-refractivity contribution is 6.04. The Balaban J connectivity index is 0. The zero-order chi connectivity index (χ0) is 12.3. The number of hydrogen-bond donors (Lipinski definition) is 0. The van der Waals surface area contributed by atoms with E-state index in [1.165, 1.54) is 20.8 Å². The Morgan fingerprint density at radius 1 is 0.867 bits per heavy atom. The summed E-state index contributed by atoms with van der Waals surface area (Å²) >= 11 is 0. The van der Waals surface area contributed by atoms with Crippen molar-refractivity contribution in [2.75, 3.05) is 13.2 Å². The summed E-state index contributed by atoms with van der Waals surface area (Å²) in [5, 5.41) is 0. The van der Waals surface area contributed by atoms with Crippen molar-refractivity contribution in [3.63, 3.8) is 0 Å². The predicted molar refractivity (Wildman–Crippen MR) is 55.0 cm³/mol. The summed E-state index contributed by atoms with van der Waals surface area (Å²) < 4.78 is 13.2. The highest BCUT2D eigenvalue weighted by Crippen LogP contribution is 1.79. The quantitative estimate of drug-likeness (QED) is 0.353. The van der Waals surface area contributed by atoms with Crippen LogP contribution in [-0.4, -0.2) is 41.6 Å². The molecule has 0 aromatic carbocycles. The summed E-state index contributed by atoms with van der Waals surface area (Å²) in [6.07, 6.45) is 0. The van der Waals surface area contributed by atoms with Crippen LogP contribution in [0.5, 0.6) is 0 Å². The van der Waals surface area contributed by atoms with E-state index in [1.54, 1.807) is 0 Å². The Labute approximate surface area is 91.4 Å². The molecule has 15 heavy (non-hydrogen) atoms. The first-order valence-corrected chi connectivity index (χ1v) is 5.03. The van der Waals surface area contributed by atoms with Gasteiger partial charge in [-0.05, 0) is 0 Å². The first-order chi connectivity index (χ1) is 6.90. The molecule has 88 valence electrons. The van der Waals surface area contributed by atoms with Crippen LogP contribution in [0.15, 0.2) is 0 Å². The second-order valence-corrected chi connectivity index (χ2v) is 2.78. The van der Waals surface area contributed by atoms with Crippen molar-refractivity contribution in [2.24, 2.45) is 0 Å². The highest BCUT2D eigenvalue weighted by atomic mass is 28.2. The molecule has 0 unspecified atom stereocenters. The van der Waals surface area contributed by atoms with Crippen molar-refractivity contribution >= 4 is 28.4 Å². The van der Waals surface area contributed by atoms with Gasteiger partial charge in [0.2, 0.25) is 10.5 Å². The molecule has 0 heterocycles. The van der Waals surface area contributed by atoms with E-state index in [-0.39, 0.29) is 31.1 Å². The molecule has 0 aliphatic heterocycles. The molecule has 0 rings (SSSR count). The maximum atomic E-state index is 10.1. The molecule has 6 nitrogen and oxygen atoms in total. The first kappa shape index (κ1) is 16.1. The molecule has 0 amide bonds. The summed E-state index contributed by atoms with van der Waals surface area (Å²) in [4.78, 5) is 29.9. The zero-order valence-electron chi connectivity index (χ0n) is 9.36. The van der Waals surface area contributed by atoms with Crippen molar-refractivity contribution in [3.05, 3.63) is 0 Å². The summed E-state index contributed by atoms with van der Waals surface area (Å²) in [5.41, 5.74) is 0. The van der Waals surface area contributed by atoms with Crippen molar-refractivity contribution in [1.82, 2.24) is 0 Å². The van der Waals surface area contributed by atoms with E-state index in [1.807, 2.05) is 0 Å². The molecule has 0 aromatic rings. The van der Waals surface area contributed by atoms with Crippen LogP contribution in [0.1, 0.15) is 20.8 Å². The summed E-state index contributed by atoms with van der Waals surface area (Å²) in [5.74, 6) is -0.920. The van der Waals surface area contributed by atoms with Crippen molar-refractivity contribution in [3.8, 4) is 0 Å². The van der Waals surface area contributed by atoms with Crippen molar-refractivity contribution < 1.29 is 28.3 Å². The van der Waals surface area contributed by atoms with E-state index in [2.05, 4.69) is 13.9 Å². The summed E-state index contributed by atoms with van der Waals surface area (Å²) in [7, 11) is 0.524. The molecule has 0 spiro atoms. The molecule has 0 saturated heterocycles. The van der Waals surface area contributed by atoms with Gasteiger partial charge in [0.15, 0.2) is 0 Å². The Morgan fingerprint density at radius 3 is 1.27 bits per heavy atom. The van der Waals surface area contributed by atoms with E-state index in [4.69, 9.17) is 0 Å². The SMILES string of the molecule is CC(=O)OCCOC(C)=O.CC(=O)O[SiH3]. The normalized spacial score (nSPS) is 8.20. The van der Waals surface area contributed by atoms with Gasteiger partial charge in [-0.1, -0.05) is 0 Å². The van der Waals surface area contributed by atoms with Crippen molar-refractivity contribution in [1.29, 1.82) is 0 Å². The molecule has 0 atom stereocenters. The van der Waals surface area contributed by atoms with E-state index in [0.717, 1.165) is 0 Å². The maximum absolute atomic E-state index is 10.1. The average molecular weight is 236 g/mol. The Hall–Kier alpha value is -1.37. The number of hydrogen-bond acceptors (Lipinski definition) is 6. The lowest BCUT2D eigenvalue weighted by Crippen LogP contribution is -2.09. The highest BCUT2D eigenvalue weighted by Gasteiger charge is 1.94. The van der Waals surface area contributed by atoms with Gasteiger partial charge < -0.3 is 13.9 Å². The monoisotopic (exact) mass is 236 g/mol. The van der Waals surface area contributed by atoms with Gasteiger partial charge in [0.25, 0.3) is 5.97 Å². The minimum absolute atomic E-state index is 0.134. The summed E-state index contributed by atoms with van der Waals surface area (Å²) in [6.45, 7) is 4.26. The van der Waals surface area contributed by atoms with Crippen LogP contribution < -0.4 is 0 Å². The van der Waals surface area contributed by atoms with E-state index >= 15 is 0 Å². The van der Waals surface area contributed by atoms with Crippen LogP contribution in [0, 0.1) is 0 Å². The van der Waals surface area contributed by atoms with Gasteiger partial charge in [-0.15, -0.1) is 0 Å². The number of carbonyl (C=O) groups excluding carboxylic acids is 3. The van der Waals surface area contributed by atoms with Gasteiger partial charge in [-0.3, -0.25) is 14.4 Å². The maximum Gasteiger partial charge on any atom is 0.302 e. The van der Waals surface area contributed by atoms with Crippen LogP contribution in [0.3, 0.4) is 0 Å². The first-order valence-electron chi connectivity index (χ1n) is 4.21. The Morgan fingerprint density at radius 2 is 1.13 bits per heavy atom. The van der Waals surface area contributed by atoms with Gasteiger partial charge in [-0.2, -0.15) is 0 Å². The topological polar surface area (TPSA) is 78.9 Å². The van der Waals surface area contributed by atoms with Gasteiger partial charge in [0, 0.05) is 20.8 Å². The van der Waals surface area contributed by atoms with Crippen LogP contribution >= 0.6 is 0 Å². The molecule has 0 aliphatic carbocycles. The predicted octanol–water partition coefficient (Wildman–Crippen LogP) is -1.06. The lowest BCUT2D eigenvalue weighted by Gasteiger charge is -2.00. The zero-order valence-corrected chi connectivity index (χ0v) is 11.4. The standard InChI is InChI=1S/C6H10O4.C2H6O2Si/c1-5(7)9-3-4-10-6(2)8;1-2(3)4-5/h3-4H2,1-2H3;1,5H3. The van der Waals surface area contributed by atoms with Gasteiger partial charge in [0.05, 0.1) is 0 Å². The second-order valence-electron chi connectivity index (χ2n) is 2.38. The van der Waals surface area contributed by atoms with Crippen molar-refractivity contribution in [2.45, 2.75) is 20.8 Å². The number of esters is 2. The van der Waals surface area contributed by atoms with E-state index < -0.39 is 0 Å². The molecular weight excluding hydrogens is 220 g/mol. The minimum atomic E-state index is -0.368. The Bertz CT molecular complexity index is 199. The lowest BCUT2D eigenvalue weighted by molar-refractivity contribution is -0.149. The molecule has 0 aliphatic rings. The Kier molecular flexibility index (Phi) is 11.5. The molecule has 0 radical (unpaired) electrons. The fraction of sp³-hybridized carbons (Fsp3) is 0.625. The summed E-state index contributed by atoms with van der Waals surface area (Å²) in [6, 6.07) is 0. The largest absolute Gasteiger partial charge is 0.529 e. The molecule has 0 saturated carbocycles. The minimum Gasteiger partial charge on any atom is -0.529 e. The third kappa shape index (κ3) is 24.5. The van der Waals surface area contributed by atoms with Gasteiger partial charge in [0.1, 0.15) is 13.2 Å². The van der Waals surface area contributed by atoms with Crippen LogP contribution in [0.4, 0.5) is 0 Å². The molecule has 0 fully saturated rings. The third-order valence-electron chi connectivity index (χ3n) is 0.981. The average Bonchev–Trinajstić information content (AvgIpc) is 2.13. The number of carbonyl (C=O) groups is 3. The lowest BCUT2D eigenvalue weighted by atomic mass is 10.7. The molecule has 0 N–H and O–H groups in total. The van der Waals surface area contributed by atoms with Gasteiger partial charge >= 0.3 is 11.9 Å². The molecule has 7 heteroatoms. The van der Waals surface area contributed by atoms with Crippen LogP contribution in [0.25, 0.3) is 0 Å². The molecule has 0 aromatic heterocycles. The second kappa shape index (κ2) is 10.7. The van der Waals surface area contributed by atoms with Gasteiger partial charge in [-0.25, -0.2) is 0 Å². The molecule has 0 bridgehead atoms. The number of rotatable bonds is 3.